The summed E-state index contributed by atoms with van der Waals surface area (Å²) < 4.78 is 2.04. The predicted molar refractivity (Wildman–Crippen MR) is 138 cm³/mol. The van der Waals surface area contributed by atoms with E-state index in [4.69, 9.17) is 0 Å². The summed E-state index contributed by atoms with van der Waals surface area (Å²) in [6.07, 6.45) is 3.72. The van der Waals surface area contributed by atoms with Gasteiger partial charge in [-0.1, -0.05) is 24.8 Å². The van der Waals surface area contributed by atoms with Gasteiger partial charge in [-0.2, -0.15) is 0 Å². The predicted octanol–water partition coefficient (Wildman–Crippen LogP) is 4.67. The van der Waals surface area contributed by atoms with Crippen molar-refractivity contribution in [3.05, 3.63) is 65.5 Å². The highest BCUT2D eigenvalue weighted by Gasteiger charge is 2.17. The first kappa shape index (κ1) is 23.4. The second-order valence-electron chi connectivity index (χ2n) is 8.68. The largest absolute Gasteiger partial charge is 0.369 e. The van der Waals surface area contributed by atoms with Gasteiger partial charge in [-0.3, -0.25) is 9.36 Å². The van der Waals surface area contributed by atoms with Crippen molar-refractivity contribution >= 4 is 29.0 Å². The molecule has 4 rings (SSSR count). The smallest absolute Gasteiger partial charge is 0.234 e. The molecule has 0 spiro atoms. The summed E-state index contributed by atoms with van der Waals surface area (Å²) in [4.78, 5) is 22.0. The van der Waals surface area contributed by atoms with Crippen LogP contribution in [0, 0.1) is 20.8 Å². The van der Waals surface area contributed by atoms with Crippen molar-refractivity contribution < 1.29 is 4.79 Å². The molecule has 174 valence electrons. The fourth-order valence-electron chi connectivity index (χ4n) is 4.31. The number of imidazole rings is 1. The summed E-state index contributed by atoms with van der Waals surface area (Å²) in [6, 6.07) is 12.7. The fraction of sp³-hybridized carbons (Fsp3) is 0.385. The average Bonchev–Trinajstić information content (AvgIpc) is 3.27. The number of piperazine rings is 1. The molecule has 1 fully saturated rings. The minimum atomic E-state index is -0.0256. The normalized spacial score (nSPS) is 14.5. The molecule has 33 heavy (non-hydrogen) atoms. The van der Waals surface area contributed by atoms with Crippen molar-refractivity contribution in [2.45, 2.75) is 32.9 Å². The Kier molecular flexibility index (Phi) is 7.40. The number of nitrogens with one attached hydrogen (secondary N) is 1. The molecule has 1 saturated heterocycles. The fourth-order valence-corrected chi connectivity index (χ4v) is 5.08. The Morgan fingerprint density at radius 1 is 1.00 bits per heavy atom. The highest BCUT2D eigenvalue weighted by atomic mass is 32.2. The number of benzene rings is 2. The Bertz CT molecular complexity index is 1100. The van der Waals surface area contributed by atoms with Crippen LogP contribution in [0.2, 0.25) is 0 Å². The number of rotatable bonds is 7. The maximum atomic E-state index is 12.7. The van der Waals surface area contributed by atoms with Crippen LogP contribution in [-0.2, 0) is 4.79 Å². The van der Waals surface area contributed by atoms with E-state index >= 15 is 0 Å². The van der Waals surface area contributed by atoms with Gasteiger partial charge in [0.25, 0.3) is 0 Å². The number of likely N-dealkylation sites (N-methyl/N-ethyl adjacent to an activating group) is 1. The van der Waals surface area contributed by atoms with Crippen molar-refractivity contribution in [1.29, 1.82) is 0 Å². The van der Waals surface area contributed by atoms with E-state index < -0.39 is 0 Å². The van der Waals surface area contributed by atoms with Crippen molar-refractivity contribution in [2.24, 2.45) is 0 Å². The molecular formula is C26H33N5OS. The number of hydrogen-bond donors (Lipinski definition) is 1. The molecule has 1 N–H and O–H groups in total. The lowest BCUT2D eigenvalue weighted by atomic mass is 10.1. The molecule has 0 unspecified atom stereocenters. The van der Waals surface area contributed by atoms with Gasteiger partial charge in [0, 0.05) is 55.6 Å². The van der Waals surface area contributed by atoms with E-state index in [0.717, 1.165) is 54.8 Å². The molecule has 7 heteroatoms. The maximum absolute atomic E-state index is 12.7. The zero-order valence-corrected chi connectivity index (χ0v) is 20.8. The van der Waals surface area contributed by atoms with Gasteiger partial charge < -0.3 is 15.1 Å². The molecule has 0 radical (unpaired) electrons. The van der Waals surface area contributed by atoms with Crippen LogP contribution in [0.15, 0.2) is 53.9 Å². The highest BCUT2D eigenvalue weighted by Crippen LogP contribution is 2.25. The minimum Gasteiger partial charge on any atom is -0.369 e. The van der Waals surface area contributed by atoms with E-state index in [0.29, 0.717) is 5.75 Å². The van der Waals surface area contributed by atoms with Crippen LogP contribution in [0.1, 0.15) is 23.6 Å². The molecule has 1 aliphatic rings. The third-order valence-electron chi connectivity index (χ3n) is 6.09. The van der Waals surface area contributed by atoms with Crippen LogP contribution in [0.3, 0.4) is 0 Å². The number of aromatic nitrogens is 2. The Hall–Kier alpha value is -2.77. The maximum Gasteiger partial charge on any atom is 0.234 e. The van der Waals surface area contributed by atoms with Crippen LogP contribution < -0.4 is 10.2 Å². The second-order valence-corrected chi connectivity index (χ2v) is 9.63. The van der Waals surface area contributed by atoms with Crippen molar-refractivity contribution in [3.8, 4) is 5.69 Å². The van der Waals surface area contributed by atoms with Crippen molar-refractivity contribution in [3.63, 3.8) is 0 Å². The van der Waals surface area contributed by atoms with Gasteiger partial charge in [-0.25, -0.2) is 4.98 Å². The zero-order valence-electron chi connectivity index (χ0n) is 20.0. The lowest BCUT2D eigenvalue weighted by molar-refractivity contribution is -0.113. The van der Waals surface area contributed by atoms with Gasteiger partial charge in [0.1, 0.15) is 0 Å². The van der Waals surface area contributed by atoms with Gasteiger partial charge in [-0.15, -0.1) is 0 Å². The average molecular weight is 464 g/mol. The summed E-state index contributed by atoms with van der Waals surface area (Å²) in [6.45, 7) is 13.9. The number of amides is 1. The van der Waals surface area contributed by atoms with E-state index in [2.05, 4.69) is 78.1 Å². The zero-order chi connectivity index (χ0) is 23.4. The Morgan fingerprint density at radius 3 is 2.39 bits per heavy atom. The first-order valence-electron chi connectivity index (χ1n) is 11.6. The molecule has 1 amide bonds. The van der Waals surface area contributed by atoms with Crippen molar-refractivity contribution in [1.82, 2.24) is 14.5 Å². The molecule has 3 aromatic rings. The number of carbonyl (C=O) groups is 1. The van der Waals surface area contributed by atoms with E-state index in [1.54, 1.807) is 6.20 Å². The van der Waals surface area contributed by atoms with Crippen LogP contribution >= 0.6 is 11.8 Å². The Morgan fingerprint density at radius 2 is 1.73 bits per heavy atom. The van der Waals surface area contributed by atoms with Gasteiger partial charge in [0.15, 0.2) is 5.16 Å². The number of aryl methyl sites for hydroxylation is 3. The molecule has 1 aliphatic heterocycles. The lowest BCUT2D eigenvalue weighted by Gasteiger charge is -2.35. The lowest BCUT2D eigenvalue weighted by Crippen LogP contribution is -2.46. The number of thioether (sulfide) groups is 1. The van der Waals surface area contributed by atoms with Crippen LogP contribution in [-0.4, -0.2) is 58.8 Å². The summed E-state index contributed by atoms with van der Waals surface area (Å²) >= 11 is 1.45. The minimum absolute atomic E-state index is 0.0256. The van der Waals surface area contributed by atoms with Crippen LogP contribution in [0.5, 0.6) is 0 Å². The molecular weight excluding hydrogens is 430 g/mol. The molecule has 0 aliphatic carbocycles. The SMILES string of the molecule is CCN1CCN(c2ccc(NC(=O)CSc3nccn3-c3cc(C)cc(C)c3)c(C)c2)CC1. The number of hydrogen-bond acceptors (Lipinski definition) is 5. The van der Waals surface area contributed by atoms with Gasteiger partial charge >= 0.3 is 0 Å². The van der Waals surface area contributed by atoms with E-state index in [9.17, 15) is 4.79 Å². The quantitative estimate of drug-likeness (QED) is 0.516. The van der Waals surface area contributed by atoms with Crippen LogP contribution in [0.4, 0.5) is 11.4 Å². The van der Waals surface area contributed by atoms with E-state index in [-0.39, 0.29) is 5.91 Å². The van der Waals surface area contributed by atoms with E-state index in [1.807, 2.05) is 16.8 Å². The second kappa shape index (κ2) is 10.4. The Balaban J connectivity index is 1.36. The first-order chi connectivity index (χ1) is 15.9. The standard InChI is InChI=1S/C26H33N5OS/c1-5-29-10-12-30(13-11-29)22-6-7-24(21(4)17-22)28-25(32)18-33-26-27-8-9-31(26)23-15-19(2)14-20(3)16-23/h6-9,14-17H,5,10-13,18H2,1-4H3,(H,28,32). The summed E-state index contributed by atoms with van der Waals surface area (Å²) in [5.41, 5.74) is 6.66. The molecule has 2 aromatic carbocycles. The third-order valence-corrected chi connectivity index (χ3v) is 7.06. The summed E-state index contributed by atoms with van der Waals surface area (Å²) in [7, 11) is 0. The summed E-state index contributed by atoms with van der Waals surface area (Å²) in [5.74, 6) is 0.282. The molecule has 6 nitrogen and oxygen atoms in total. The molecule has 0 saturated carbocycles. The van der Waals surface area contributed by atoms with Crippen molar-refractivity contribution in [2.75, 3.05) is 48.7 Å². The summed E-state index contributed by atoms with van der Waals surface area (Å²) in [5, 5.41) is 3.89. The Labute approximate surface area is 201 Å². The van der Waals surface area contributed by atoms with Gasteiger partial charge in [0.05, 0.1) is 5.75 Å². The monoisotopic (exact) mass is 463 g/mol. The van der Waals surface area contributed by atoms with Gasteiger partial charge in [0.2, 0.25) is 5.91 Å². The number of anilines is 2. The molecule has 2 heterocycles. The highest BCUT2D eigenvalue weighted by molar-refractivity contribution is 7.99. The third kappa shape index (κ3) is 5.78. The molecule has 0 bridgehead atoms. The van der Waals surface area contributed by atoms with E-state index in [1.165, 1.54) is 28.6 Å². The number of carbonyl (C=O) groups excluding carboxylic acids is 1. The first-order valence-corrected chi connectivity index (χ1v) is 12.5. The topological polar surface area (TPSA) is 53.4 Å². The molecule has 1 aromatic heterocycles. The van der Waals surface area contributed by atoms with Gasteiger partial charge in [-0.05, 0) is 74.3 Å². The number of nitrogens with zero attached hydrogens (tertiary/aromatic N) is 4. The molecule has 0 atom stereocenters. The van der Waals surface area contributed by atoms with Crippen LogP contribution in [0.25, 0.3) is 5.69 Å².